The minimum Gasteiger partial charge on any atom is -0.465 e. The molecular weight excluding hydrogens is 248 g/mol. The van der Waals surface area contributed by atoms with Crippen LogP contribution in [-0.2, 0) is 9.53 Å². The van der Waals surface area contributed by atoms with Gasteiger partial charge in [-0.05, 0) is 69.1 Å². The normalized spacial score (nSPS) is 43.7. The second-order valence-electron chi connectivity index (χ2n) is 8.36. The molecule has 0 aromatic carbocycles. The molecule has 2 nitrogen and oxygen atoms in total. The Morgan fingerprint density at radius 2 is 1.45 bits per heavy atom. The van der Waals surface area contributed by atoms with Crippen LogP contribution in [0.2, 0.25) is 0 Å². The minimum absolute atomic E-state index is 0.125. The van der Waals surface area contributed by atoms with Crippen LogP contribution in [0.15, 0.2) is 0 Å². The van der Waals surface area contributed by atoms with Crippen LogP contribution in [0, 0.1) is 29.1 Å². The van der Waals surface area contributed by atoms with E-state index >= 15 is 0 Å². The lowest BCUT2D eigenvalue weighted by Gasteiger charge is -2.56. The zero-order chi connectivity index (χ0) is 13.6. The lowest BCUT2D eigenvalue weighted by molar-refractivity contribution is -0.161. The van der Waals surface area contributed by atoms with Crippen LogP contribution >= 0.6 is 0 Å². The number of hydrogen-bond acceptors (Lipinski definition) is 2. The van der Waals surface area contributed by atoms with Crippen molar-refractivity contribution in [2.45, 2.75) is 70.6 Å². The van der Waals surface area contributed by atoms with E-state index in [-0.39, 0.29) is 11.9 Å². The molecule has 0 spiro atoms. The summed E-state index contributed by atoms with van der Waals surface area (Å²) in [5.41, 5.74) is 0.388. The summed E-state index contributed by atoms with van der Waals surface area (Å²) in [5, 5.41) is 0. The third kappa shape index (κ3) is 2.40. The molecule has 4 bridgehead atoms. The summed E-state index contributed by atoms with van der Waals surface area (Å²) in [4.78, 5) is 12.3. The fourth-order valence-corrected chi connectivity index (χ4v) is 6.15. The summed E-state index contributed by atoms with van der Waals surface area (Å²) in [6.07, 6.45) is 14.3. The molecule has 0 unspecified atom stereocenters. The van der Waals surface area contributed by atoms with Crippen LogP contribution in [-0.4, -0.2) is 12.6 Å². The Bertz CT molecular complexity index is 346. The Balaban J connectivity index is 1.36. The van der Waals surface area contributed by atoms with E-state index in [0.717, 1.165) is 37.2 Å². The lowest BCUT2D eigenvalue weighted by Crippen LogP contribution is -2.48. The van der Waals surface area contributed by atoms with Gasteiger partial charge in [0.25, 0.3) is 0 Å². The predicted octanol–water partition coefficient (Wildman–Crippen LogP) is 4.33. The maximum Gasteiger partial charge on any atom is 0.308 e. The molecule has 0 N–H and O–H groups in total. The molecule has 112 valence electrons. The second-order valence-corrected chi connectivity index (χ2v) is 8.36. The first-order valence-corrected chi connectivity index (χ1v) is 8.89. The van der Waals surface area contributed by atoms with Crippen molar-refractivity contribution in [1.29, 1.82) is 0 Å². The minimum atomic E-state index is 0.125. The Morgan fingerprint density at radius 3 is 2.00 bits per heavy atom. The van der Waals surface area contributed by atoms with E-state index in [0.29, 0.717) is 5.41 Å². The van der Waals surface area contributed by atoms with Crippen LogP contribution in [0.3, 0.4) is 0 Å². The van der Waals surface area contributed by atoms with Crippen LogP contribution in [0.25, 0.3) is 0 Å². The predicted molar refractivity (Wildman–Crippen MR) is 78.1 cm³/mol. The number of esters is 1. The Labute approximate surface area is 122 Å². The quantitative estimate of drug-likeness (QED) is 0.717. The average Bonchev–Trinajstić information content (AvgIpc) is 2.44. The molecule has 20 heavy (non-hydrogen) atoms. The van der Waals surface area contributed by atoms with Gasteiger partial charge in [0.05, 0.1) is 12.5 Å². The summed E-state index contributed by atoms with van der Waals surface area (Å²) in [5.74, 6) is 3.21. The van der Waals surface area contributed by atoms with E-state index < -0.39 is 0 Å². The molecule has 2 heteroatoms. The van der Waals surface area contributed by atoms with E-state index in [9.17, 15) is 4.79 Å². The molecular formula is C18H28O2. The summed E-state index contributed by atoms with van der Waals surface area (Å²) in [7, 11) is 0. The van der Waals surface area contributed by atoms with Crippen LogP contribution in [0.5, 0.6) is 0 Å². The van der Waals surface area contributed by atoms with E-state index in [4.69, 9.17) is 4.74 Å². The van der Waals surface area contributed by atoms with Crippen molar-refractivity contribution < 1.29 is 9.53 Å². The van der Waals surface area contributed by atoms with Gasteiger partial charge in [0.1, 0.15) is 0 Å². The van der Waals surface area contributed by atoms with E-state index in [1.807, 2.05) is 0 Å². The molecule has 0 aromatic heterocycles. The number of rotatable bonds is 3. The Morgan fingerprint density at radius 1 is 0.900 bits per heavy atom. The van der Waals surface area contributed by atoms with Crippen molar-refractivity contribution in [2.75, 3.05) is 6.61 Å². The van der Waals surface area contributed by atoms with Crippen molar-refractivity contribution >= 4 is 5.97 Å². The van der Waals surface area contributed by atoms with Gasteiger partial charge in [0.15, 0.2) is 0 Å². The highest BCUT2D eigenvalue weighted by Gasteiger charge is 2.51. The maximum atomic E-state index is 12.3. The summed E-state index contributed by atoms with van der Waals surface area (Å²) in [6.45, 7) is 0.742. The molecule has 5 saturated carbocycles. The van der Waals surface area contributed by atoms with Gasteiger partial charge in [-0.3, -0.25) is 4.79 Å². The number of carbonyl (C=O) groups is 1. The molecule has 0 aromatic rings. The fourth-order valence-electron chi connectivity index (χ4n) is 6.15. The SMILES string of the molecule is O=C(OCC12CC3CC(CC(C3)C1)C2)C1CCCCC1. The summed E-state index contributed by atoms with van der Waals surface area (Å²) in [6, 6.07) is 0. The molecule has 0 atom stereocenters. The highest BCUT2D eigenvalue weighted by molar-refractivity contribution is 5.72. The molecule has 0 amide bonds. The molecule has 5 aliphatic rings. The molecule has 0 radical (unpaired) electrons. The topological polar surface area (TPSA) is 26.3 Å². The van der Waals surface area contributed by atoms with Crippen molar-refractivity contribution in [3.05, 3.63) is 0 Å². The van der Waals surface area contributed by atoms with Gasteiger partial charge in [-0.2, -0.15) is 0 Å². The van der Waals surface area contributed by atoms with Gasteiger partial charge >= 0.3 is 5.97 Å². The first kappa shape index (κ1) is 13.2. The molecule has 0 aliphatic heterocycles. The van der Waals surface area contributed by atoms with Crippen molar-refractivity contribution in [2.24, 2.45) is 29.1 Å². The van der Waals surface area contributed by atoms with Gasteiger partial charge in [-0.25, -0.2) is 0 Å². The van der Waals surface area contributed by atoms with Crippen LogP contribution in [0.1, 0.15) is 70.6 Å². The second kappa shape index (κ2) is 5.03. The lowest BCUT2D eigenvalue weighted by atomic mass is 9.50. The standard InChI is InChI=1S/C18H28O2/c19-17(16-4-2-1-3-5-16)20-12-18-9-13-6-14(10-18)8-15(7-13)11-18/h13-16H,1-12H2. The zero-order valence-electron chi connectivity index (χ0n) is 12.6. The Kier molecular flexibility index (Phi) is 3.31. The smallest absolute Gasteiger partial charge is 0.308 e. The van der Waals surface area contributed by atoms with Crippen LogP contribution in [0.4, 0.5) is 0 Å². The van der Waals surface area contributed by atoms with E-state index in [2.05, 4.69) is 0 Å². The average molecular weight is 276 g/mol. The van der Waals surface area contributed by atoms with Gasteiger partial charge in [0, 0.05) is 5.41 Å². The van der Waals surface area contributed by atoms with Gasteiger partial charge < -0.3 is 4.74 Å². The molecule has 5 fully saturated rings. The van der Waals surface area contributed by atoms with E-state index in [1.54, 1.807) is 0 Å². The third-order valence-electron chi connectivity index (χ3n) is 6.62. The van der Waals surface area contributed by atoms with E-state index in [1.165, 1.54) is 57.8 Å². The number of ether oxygens (including phenoxy) is 1. The van der Waals surface area contributed by atoms with Crippen molar-refractivity contribution in [3.8, 4) is 0 Å². The largest absolute Gasteiger partial charge is 0.465 e. The summed E-state index contributed by atoms with van der Waals surface area (Å²) < 4.78 is 5.83. The highest BCUT2D eigenvalue weighted by atomic mass is 16.5. The fraction of sp³-hybridized carbons (Fsp3) is 0.944. The monoisotopic (exact) mass is 276 g/mol. The molecule has 0 heterocycles. The van der Waals surface area contributed by atoms with Crippen molar-refractivity contribution in [1.82, 2.24) is 0 Å². The maximum absolute atomic E-state index is 12.3. The van der Waals surface area contributed by atoms with Crippen molar-refractivity contribution in [3.63, 3.8) is 0 Å². The highest BCUT2D eigenvalue weighted by Crippen LogP contribution is 2.60. The number of hydrogen-bond donors (Lipinski definition) is 0. The van der Waals surface area contributed by atoms with Gasteiger partial charge in [-0.1, -0.05) is 19.3 Å². The first-order chi connectivity index (χ1) is 9.72. The van der Waals surface area contributed by atoms with Gasteiger partial charge in [0.2, 0.25) is 0 Å². The zero-order valence-corrected chi connectivity index (χ0v) is 12.6. The van der Waals surface area contributed by atoms with Crippen LogP contribution < -0.4 is 0 Å². The molecule has 5 rings (SSSR count). The first-order valence-electron chi connectivity index (χ1n) is 8.89. The van der Waals surface area contributed by atoms with Gasteiger partial charge in [-0.15, -0.1) is 0 Å². The third-order valence-corrected chi connectivity index (χ3v) is 6.62. The number of carbonyl (C=O) groups excluding carboxylic acids is 1. The summed E-state index contributed by atoms with van der Waals surface area (Å²) >= 11 is 0. The molecule has 5 aliphatic carbocycles. The molecule has 0 saturated heterocycles. The Hall–Kier alpha value is -0.530.